The highest BCUT2D eigenvalue weighted by Crippen LogP contribution is 2.27. The van der Waals surface area contributed by atoms with Crippen LogP contribution in [0.3, 0.4) is 0 Å². The highest BCUT2D eigenvalue weighted by atomic mass is 35.5. The molecule has 3 aromatic carbocycles. The minimum Gasteiger partial charge on any atom is -0.480 e. The average molecular weight is 652 g/mol. The quantitative estimate of drug-likeness (QED) is 0.183. The van der Waals surface area contributed by atoms with Crippen LogP contribution in [-0.2, 0) is 40.3 Å². The second kappa shape index (κ2) is 14.2. The Morgan fingerprint density at radius 1 is 0.933 bits per heavy atom. The van der Waals surface area contributed by atoms with Crippen molar-refractivity contribution in [2.45, 2.75) is 44.5 Å². The van der Waals surface area contributed by atoms with Gasteiger partial charge in [0.2, 0.25) is 5.91 Å². The second-order valence-corrected chi connectivity index (χ2v) is 11.0. The van der Waals surface area contributed by atoms with Crippen LogP contribution >= 0.6 is 23.2 Å². The van der Waals surface area contributed by atoms with Gasteiger partial charge in [0.25, 0.3) is 5.91 Å². The molecule has 1 aromatic heterocycles. The predicted molar refractivity (Wildman–Crippen MR) is 165 cm³/mol. The molecule has 4 N–H and O–H groups in total. The Morgan fingerprint density at radius 2 is 1.64 bits per heavy atom. The molecule has 0 spiro atoms. The molecule has 232 valence electrons. The molecule has 14 heteroatoms. The zero-order chi connectivity index (χ0) is 31.9. The van der Waals surface area contributed by atoms with E-state index in [2.05, 4.69) is 26.1 Å². The summed E-state index contributed by atoms with van der Waals surface area (Å²) in [4.78, 5) is 50.3. The van der Waals surface area contributed by atoms with Gasteiger partial charge in [-0.05, 0) is 41.8 Å². The lowest BCUT2D eigenvalue weighted by molar-refractivity contribution is -0.142. The summed E-state index contributed by atoms with van der Waals surface area (Å²) in [5.74, 6) is -1.29. The summed E-state index contributed by atoms with van der Waals surface area (Å²) in [7, 11) is 0. The fraction of sp³-hybridized carbons (Fsp3) is 0.226. The molecule has 1 aliphatic rings. The molecular weight excluding hydrogens is 623 g/mol. The number of carboxylic acid groups (broad SMARTS) is 1. The van der Waals surface area contributed by atoms with Crippen molar-refractivity contribution >= 4 is 52.8 Å². The summed E-state index contributed by atoms with van der Waals surface area (Å²) in [6.07, 6.45) is 0.209. The lowest BCUT2D eigenvalue weighted by Gasteiger charge is -2.20. The molecular formula is C31H28Cl2N6O6. The number of benzene rings is 3. The van der Waals surface area contributed by atoms with Crippen LogP contribution in [0.15, 0.2) is 72.8 Å². The molecule has 4 aromatic rings. The van der Waals surface area contributed by atoms with Crippen molar-refractivity contribution in [3.8, 4) is 0 Å². The number of fused-ring (bicyclic) bond motifs is 1. The highest BCUT2D eigenvalue weighted by Gasteiger charge is 2.34. The number of aromatic nitrogens is 3. The number of carbonyl (C=O) groups excluding carboxylic acids is 3. The third-order valence-electron chi connectivity index (χ3n) is 7.15. The minimum absolute atomic E-state index is 0.00490. The molecule has 0 fully saturated rings. The molecule has 5 rings (SSSR count). The first-order chi connectivity index (χ1) is 21.7. The van der Waals surface area contributed by atoms with Crippen molar-refractivity contribution in [1.29, 1.82) is 0 Å². The Balaban J connectivity index is 1.17. The number of nitrogens with zero attached hydrogens (tertiary/aromatic N) is 3. The van der Waals surface area contributed by atoms with Gasteiger partial charge in [0.1, 0.15) is 24.5 Å². The average Bonchev–Trinajstić information content (AvgIpc) is 3.63. The van der Waals surface area contributed by atoms with Gasteiger partial charge in [0, 0.05) is 18.5 Å². The van der Waals surface area contributed by atoms with Crippen molar-refractivity contribution in [2.24, 2.45) is 0 Å². The lowest BCUT2D eigenvalue weighted by atomic mass is 10.0. The Kier molecular flexibility index (Phi) is 9.95. The van der Waals surface area contributed by atoms with E-state index < -0.39 is 36.0 Å². The minimum atomic E-state index is -1.23. The number of aliphatic carboxylic acids is 1. The molecule has 0 bridgehead atoms. The number of ether oxygens (including phenoxy) is 1. The van der Waals surface area contributed by atoms with Gasteiger partial charge in [-0.2, -0.15) is 0 Å². The molecule has 2 heterocycles. The van der Waals surface area contributed by atoms with Crippen LogP contribution in [0.1, 0.15) is 45.6 Å². The van der Waals surface area contributed by atoms with Crippen LogP contribution in [0, 0.1) is 0 Å². The fourth-order valence-corrected chi connectivity index (χ4v) is 5.49. The zero-order valence-electron chi connectivity index (χ0n) is 23.7. The second-order valence-electron chi connectivity index (χ2n) is 10.2. The number of amides is 3. The Labute approximate surface area is 267 Å². The molecule has 12 nitrogen and oxygen atoms in total. The third-order valence-corrected chi connectivity index (χ3v) is 7.78. The van der Waals surface area contributed by atoms with Gasteiger partial charge < -0.3 is 30.4 Å². The van der Waals surface area contributed by atoms with Crippen molar-refractivity contribution in [2.75, 3.05) is 5.32 Å². The predicted octanol–water partition coefficient (Wildman–Crippen LogP) is 4.56. The Hall–Kier alpha value is -4.94. The third kappa shape index (κ3) is 7.78. The summed E-state index contributed by atoms with van der Waals surface area (Å²) in [5.41, 5.74) is 2.05. The van der Waals surface area contributed by atoms with E-state index in [1.165, 1.54) is 0 Å². The smallest absolute Gasteiger partial charge is 0.407 e. The summed E-state index contributed by atoms with van der Waals surface area (Å²) < 4.78 is 6.85. The van der Waals surface area contributed by atoms with E-state index in [4.69, 9.17) is 27.9 Å². The molecule has 0 unspecified atom stereocenters. The lowest BCUT2D eigenvalue weighted by Crippen LogP contribution is -2.45. The van der Waals surface area contributed by atoms with Gasteiger partial charge in [0.15, 0.2) is 5.82 Å². The number of hydrogen-bond donors (Lipinski definition) is 4. The molecule has 0 saturated heterocycles. The molecule has 3 amide bonds. The number of rotatable bonds is 11. The maximum Gasteiger partial charge on any atom is 0.407 e. The van der Waals surface area contributed by atoms with Crippen LogP contribution in [-0.4, -0.2) is 49.8 Å². The van der Waals surface area contributed by atoms with Crippen LogP contribution in [0.5, 0.6) is 0 Å². The van der Waals surface area contributed by atoms with Crippen molar-refractivity contribution in [3.63, 3.8) is 0 Å². The normalized spacial score (nSPS) is 14.2. The first-order valence-electron chi connectivity index (χ1n) is 13.9. The Bertz CT molecular complexity index is 1690. The van der Waals surface area contributed by atoms with Gasteiger partial charge in [-0.1, -0.05) is 71.7 Å². The first-order valence-corrected chi connectivity index (χ1v) is 14.7. The number of nitrogens with one attached hydrogen (secondary N) is 3. The highest BCUT2D eigenvalue weighted by molar-refractivity contribution is 6.40. The molecule has 1 aliphatic heterocycles. The van der Waals surface area contributed by atoms with E-state index in [9.17, 15) is 24.3 Å². The number of halogens is 2. The van der Waals surface area contributed by atoms with E-state index in [0.29, 0.717) is 35.7 Å². The fourth-order valence-electron chi connectivity index (χ4n) is 4.92. The summed E-state index contributed by atoms with van der Waals surface area (Å²) in [5, 5.41) is 26.5. The molecule has 0 saturated carbocycles. The van der Waals surface area contributed by atoms with Crippen LogP contribution in [0.2, 0.25) is 10.0 Å². The van der Waals surface area contributed by atoms with E-state index >= 15 is 0 Å². The van der Waals surface area contributed by atoms with Gasteiger partial charge in [0.05, 0.1) is 22.2 Å². The number of anilines is 1. The number of hydrogen-bond acceptors (Lipinski definition) is 7. The van der Waals surface area contributed by atoms with Gasteiger partial charge >= 0.3 is 12.1 Å². The van der Waals surface area contributed by atoms with E-state index in [-0.39, 0.29) is 35.2 Å². The van der Waals surface area contributed by atoms with Crippen molar-refractivity contribution in [3.05, 3.63) is 111 Å². The van der Waals surface area contributed by atoms with Gasteiger partial charge in [-0.3, -0.25) is 9.59 Å². The number of aryl methyl sites for hydroxylation is 1. The monoisotopic (exact) mass is 650 g/mol. The zero-order valence-corrected chi connectivity index (χ0v) is 25.2. The molecule has 0 aliphatic carbocycles. The van der Waals surface area contributed by atoms with Crippen molar-refractivity contribution < 1.29 is 29.0 Å². The number of alkyl carbamates (subject to hydrolysis) is 1. The van der Waals surface area contributed by atoms with E-state index in [0.717, 1.165) is 5.56 Å². The van der Waals surface area contributed by atoms with E-state index in [1.54, 1.807) is 47.0 Å². The summed E-state index contributed by atoms with van der Waals surface area (Å²) >= 11 is 12.2. The number of carboxylic acids is 1. The van der Waals surface area contributed by atoms with Crippen LogP contribution in [0.25, 0.3) is 0 Å². The SMILES string of the molecule is O=C(NCc1nnc2n1[C@H](C(=O)N[C@@H](Cc1ccc(NC(=O)c3c(Cl)cccc3Cl)cc1)C(=O)O)CC2)OCc1ccccc1. The largest absolute Gasteiger partial charge is 0.480 e. The van der Waals surface area contributed by atoms with Crippen molar-refractivity contribution in [1.82, 2.24) is 25.4 Å². The summed E-state index contributed by atoms with van der Waals surface area (Å²) in [6.45, 7) is 0.0688. The first kappa shape index (κ1) is 31.5. The van der Waals surface area contributed by atoms with Crippen LogP contribution < -0.4 is 16.0 Å². The van der Waals surface area contributed by atoms with Gasteiger partial charge in [-0.25, -0.2) is 9.59 Å². The van der Waals surface area contributed by atoms with Gasteiger partial charge in [-0.15, -0.1) is 10.2 Å². The van der Waals surface area contributed by atoms with E-state index in [1.807, 2.05) is 30.3 Å². The standard InChI is InChI=1S/C31H28Cl2N6O6/c32-21-7-4-8-22(33)27(21)29(41)35-20-11-9-18(10-12-20)15-23(30(42)43)36-28(40)24-13-14-25-37-38-26(39(24)25)16-34-31(44)45-17-19-5-2-1-3-6-19/h1-12,23-24H,13-17H2,(H,34,44)(H,35,41)(H,36,40)(H,42,43)/t23-,24-/m0/s1. The molecule has 45 heavy (non-hydrogen) atoms. The Morgan fingerprint density at radius 3 is 2.33 bits per heavy atom. The maximum atomic E-state index is 13.3. The molecule has 0 radical (unpaired) electrons. The summed E-state index contributed by atoms with van der Waals surface area (Å²) in [6, 6.07) is 18.5. The maximum absolute atomic E-state index is 13.3. The van der Waals surface area contributed by atoms with Crippen LogP contribution in [0.4, 0.5) is 10.5 Å². The molecule has 2 atom stereocenters. The topological polar surface area (TPSA) is 165 Å². The number of carbonyl (C=O) groups is 4.